The fourth-order valence-electron chi connectivity index (χ4n) is 3.35. The Morgan fingerprint density at radius 2 is 2.37 bits per heavy atom. The van der Waals surface area contributed by atoms with E-state index in [1.807, 2.05) is 19.4 Å². The molecule has 1 aliphatic heterocycles. The van der Waals surface area contributed by atoms with Crippen molar-refractivity contribution in [3.8, 4) is 0 Å². The van der Waals surface area contributed by atoms with Crippen molar-refractivity contribution in [2.24, 2.45) is 0 Å². The van der Waals surface area contributed by atoms with Gasteiger partial charge in [0.2, 0.25) is 5.91 Å². The predicted octanol–water partition coefficient (Wildman–Crippen LogP) is 1.23. The number of aromatic nitrogens is 2. The minimum atomic E-state index is -0.373. The SMILES string of the molecule is CC1(C(=O)NC2CCCC2n2ccnc2)CCCN1. The first kappa shape index (κ1) is 12.7. The third kappa shape index (κ3) is 2.39. The number of rotatable bonds is 3. The van der Waals surface area contributed by atoms with Crippen LogP contribution in [0.15, 0.2) is 18.7 Å². The van der Waals surface area contributed by atoms with Gasteiger partial charge in [0.25, 0.3) is 0 Å². The van der Waals surface area contributed by atoms with Crippen molar-refractivity contribution < 1.29 is 4.79 Å². The van der Waals surface area contributed by atoms with E-state index in [1.54, 1.807) is 6.20 Å². The average molecular weight is 262 g/mol. The highest BCUT2D eigenvalue weighted by atomic mass is 16.2. The smallest absolute Gasteiger partial charge is 0.240 e. The summed E-state index contributed by atoms with van der Waals surface area (Å²) in [7, 11) is 0. The summed E-state index contributed by atoms with van der Waals surface area (Å²) in [5.41, 5.74) is -0.373. The van der Waals surface area contributed by atoms with Crippen LogP contribution in [0, 0.1) is 0 Å². The van der Waals surface area contributed by atoms with Gasteiger partial charge in [-0.1, -0.05) is 0 Å². The van der Waals surface area contributed by atoms with E-state index in [2.05, 4.69) is 20.2 Å². The summed E-state index contributed by atoms with van der Waals surface area (Å²) in [5, 5.41) is 6.57. The van der Waals surface area contributed by atoms with E-state index in [4.69, 9.17) is 0 Å². The fraction of sp³-hybridized carbons (Fsp3) is 0.714. The van der Waals surface area contributed by atoms with Crippen LogP contribution in [-0.4, -0.2) is 33.6 Å². The summed E-state index contributed by atoms with van der Waals surface area (Å²) in [5.74, 6) is 0.155. The molecule has 0 spiro atoms. The topological polar surface area (TPSA) is 59.0 Å². The lowest BCUT2D eigenvalue weighted by Gasteiger charge is -2.28. The van der Waals surface area contributed by atoms with Crippen LogP contribution >= 0.6 is 0 Å². The molecule has 19 heavy (non-hydrogen) atoms. The Kier molecular flexibility index (Phi) is 3.31. The Labute approximate surface area is 113 Å². The van der Waals surface area contributed by atoms with Crippen LogP contribution in [0.4, 0.5) is 0 Å². The van der Waals surface area contributed by atoms with Crippen molar-refractivity contribution in [3.63, 3.8) is 0 Å². The van der Waals surface area contributed by atoms with Gasteiger partial charge < -0.3 is 15.2 Å². The molecule has 5 nitrogen and oxygen atoms in total. The van der Waals surface area contributed by atoms with Crippen molar-refractivity contribution in [1.82, 2.24) is 20.2 Å². The van der Waals surface area contributed by atoms with E-state index in [1.165, 1.54) is 0 Å². The standard InChI is InChI=1S/C14H22N4O/c1-14(6-3-7-16-14)13(19)17-11-4-2-5-12(11)18-9-8-15-10-18/h8-12,16H,2-7H2,1H3,(H,17,19). The van der Waals surface area contributed by atoms with Crippen molar-refractivity contribution >= 4 is 5.91 Å². The first-order chi connectivity index (χ1) is 9.19. The van der Waals surface area contributed by atoms with Gasteiger partial charge in [-0.15, -0.1) is 0 Å². The number of hydrogen-bond donors (Lipinski definition) is 2. The zero-order valence-electron chi connectivity index (χ0n) is 11.4. The number of hydrogen-bond acceptors (Lipinski definition) is 3. The van der Waals surface area contributed by atoms with Crippen LogP contribution in [0.1, 0.15) is 45.1 Å². The molecule has 3 unspecified atom stereocenters. The number of nitrogens with one attached hydrogen (secondary N) is 2. The van der Waals surface area contributed by atoms with Crippen molar-refractivity contribution in [1.29, 1.82) is 0 Å². The van der Waals surface area contributed by atoms with Crippen molar-refractivity contribution in [2.75, 3.05) is 6.54 Å². The van der Waals surface area contributed by atoms with Crippen LogP contribution in [0.25, 0.3) is 0 Å². The molecule has 0 bridgehead atoms. The number of carbonyl (C=O) groups excluding carboxylic acids is 1. The number of carbonyl (C=O) groups is 1. The Hall–Kier alpha value is -1.36. The molecule has 5 heteroatoms. The molecule has 0 aromatic carbocycles. The second kappa shape index (κ2) is 4.96. The summed E-state index contributed by atoms with van der Waals surface area (Å²) in [4.78, 5) is 16.5. The Morgan fingerprint density at radius 1 is 1.47 bits per heavy atom. The minimum absolute atomic E-state index is 0.155. The second-order valence-electron chi connectivity index (χ2n) is 5.95. The number of amides is 1. The Balaban J connectivity index is 1.67. The fourth-order valence-corrected chi connectivity index (χ4v) is 3.35. The molecule has 2 fully saturated rings. The van der Waals surface area contributed by atoms with Crippen LogP contribution in [0.2, 0.25) is 0 Å². The molecule has 104 valence electrons. The lowest BCUT2D eigenvalue weighted by atomic mass is 9.98. The zero-order chi connectivity index (χ0) is 13.3. The Bertz CT molecular complexity index is 436. The molecule has 3 rings (SSSR count). The molecule has 1 aliphatic carbocycles. The second-order valence-corrected chi connectivity index (χ2v) is 5.95. The van der Waals surface area contributed by atoms with Gasteiger partial charge in [-0.2, -0.15) is 0 Å². The molecule has 1 amide bonds. The van der Waals surface area contributed by atoms with Crippen LogP contribution in [0.3, 0.4) is 0 Å². The summed E-state index contributed by atoms with van der Waals surface area (Å²) in [6.45, 7) is 2.95. The summed E-state index contributed by atoms with van der Waals surface area (Å²) in [6.07, 6.45) is 11.0. The highest BCUT2D eigenvalue weighted by Gasteiger charge is 2.39. The minimum Gasteiger partial charge on any atom is -0.350 e. The largest absolute Gasteiger partial charge is 0.350 e. The van der Waals surface area contributed by atoms with E-state index in [9.17, 15) is 4.79 Å². The van der Waals surface area contributed by atoms with Crippen LogP contribution < -0.4 is 10.6 Å². The third-order valence-electron chi connectivity index (χ3n) is 4.57. The number of nitrogens with zero attached hydrogens (tertiary/aromatic N) is 2. The highest BCUT2D eigenvalue weighted by molar-refractivity contribution is 5.86. The lowest BCUT2D eigenvalue weighted by molar-refractivity contribution is -0.127. The average Bonchev–Trinajstić information content (AvgIpc) is 3.08. The molecule has 1 aromatic heterocycles. The highest BCUT2D eigenvalue weighted by Crippen LogP contribution is 2.30. The Morgan fingerprint density at radius 3 is 3.05 bits per heavy atom. The van der Waals surface area contributed by atoms with Crippen molar-refractivity contribution in [2.45, 2.75) is 56.7 Å². The first-order valence-corrected chi connectivity index (χ1v) is 7.22. The predicted molar refractivity (Wildman–Crippen MR) is 72.7 cm³/mol. The molecule has 1 saturated carbocycles. The summed E-state index contributed by atoms with van der Waals surface area (Å²) >= 11 is 0. The summed E-state index contributed by atoms with van der Waals surface area (Å²) < 4.78 is 2.13. The maximum absolute atomic E-state index is 12.4. The van der Waals surface area contributed by atoms with E-state index in [-0.39, 0.29) is 17.5 Å². The van der Waals surface area contributed by atoms with E-state index < -0.39 is 0 Å². The molecule has 2 heterocycles. The molecule has 0 radical (unpaired) electrons. The van der Waals surface area contributed by atoms with E-state index in [0.717, 1.165) is 38.6 Å². The van der Waals surface area contributed by atoms with E-state index in [0.29, 0.717) is 6.04 Å². The molecule has 2 N–H and O–H groups in total. The molecule has 3 atom stereocenters. The normalized spacial score (nSPS) is 34.6. The lowest BCUT2D eigenvalue weighted by Crippen LogP contribution is -2.54. The van der Waals surface area contributed by atoms with Gasteiger partial charge in [0.05, 0.1) is 17.9 Å². The molecule has 1 aromatic rings. The van der Waals surface area contributed by atoms with Gasteiger partial charge in [0.15, 0.2) is 0 Å². The maximum atomic E-state index is 12.4. The van der Waals surface area contributed by atoms with Gasteiger partial charge in [-0.3, -0.25) is 4.79 Å². The first-order valence-electron chi connectivity index (χ1n) is 7.22. The van der Waals surface area contributed by atoms with Crippen LogP contribution in [0.5, 0.6) is 0 Å². The maximum Gasteiger partial charge on any atom is 0.240 e. The van der Waals surface area contributed by atoms with E-state index >= 15 is 0 Å². The van der Waals surface area contributed by atoms with Gasteiger partial charge in [0.1, 0.15) is 0 Å². The van der Waals surface area contributed by atoms with Gasteiger partial charge >= 0.3 is 0 Å². The zero-order valence-corrected chi connectivity index (χ0v) is 11.4. The third-order valence-corrected chi connectivity index (χ3v) is 4.57. The van der Waals surface area contributed by atoms with Crippen LogP contribution in [-0.2, 0) is 4.79 Å². The number of imidazole rings is 1. The monoisotopic (exact) mass is 262 g/mol. The molecule has 1 saturated heterocycles. The quantitative estimate of drug-likeness (QED) is 0.861. The molecular formula is C14H22N4O. The molecular weight excluding hydrogens is 240 g/mol. The van der Waals surface area contributed by atoms with Gasteiger partial charge in [-0.05, 0) is 45.6 Å². The van der Waals surface area contributed by atoms with Gasteiger partial charge in [0, 0.05) is 18.4 Å². The molecule has 2 aliphatic rings. The van der Waals surface area contributed by atoms with Crippen molar-refractivity contribution in [3.05, 3.63) is 18.7 Å². The van der Waals surface area contributed by atoms with Gasteiger partial charge in [-0.25, -0.2) is 4.98 Å². The summed E-state index contributed by atoms with van der Waals surface area (Å²) in [6, 6.07) is 0.595.